The summed E-state index contributed by atoms with van der Waals surface area (Å²) in [6, 6.07) is 13.8. The second-order valence-electron chi connectivity index (χ2n) is 9.91. The first kappa shape index (κ1) is 23.7. The molecule has 3 aromatic rings. The predicted molar refractivity (Wildman–Crippen MR) is 132 cm³/mol. The fourth-order valence-electron chi connectivity index (χ4n) is 4.42. The number of phenolic OH excluding ortho intramolecular Hbond substituents is 1. The molecule has 0 saturated carbocycles. The molecule has 2 heterocycles. The third kappa shape index (κ3) is 5.90. The number of phenols is 1. The first-order valence-corrected chi connectivity index (χ1v) is 11.8. The maximum Gasteiger partial charge on any atom is 0.407 e. The Kier molecular flexibility index (Phi) is 6.82. The Balaban J connectivity index is 1.34. The van der Waals surface area contributed by atoms with E-state index in [4.69, 9.17) is 4.74 Å². The van der Waals surface area contributed by atoms with Crippen LogP contribution in [0.3, 0.4) is 0 Å². The molecule has 0 spiro atoms. The van der Waals surface area contributed by atoms with Crippen LogP contribution in [0.25, 0.3) is 10.9 Å². The van der Waals surface area contributed by atoms with E-state index < -0.39 is 11.7 Å². The Labute approximate surface area is 200 Å². The molecule has 0 unspecified atom stereocenters. The van der Waals surface area contributed by atoms with Gasteiger partial charge in [-0.3, -0.25) is 4.79 Å². The maximum atomic E-state index is 12.7. The highest BCUT2D eigenvalue weighted by Gasteiger charge is 2.24. The minimum absolute atomic E-state index is 0.0971. The van der Waals surface area contributed by atoms with Crippen molar-refractivity contribution in [3.05, 3.63) is 64.8 Å². The molecule has 4 rings (SSSR count). The molecule has 34 heavy (non-hydrogen) atoms. The molecular formula is C27H33N3O4. The van der Waals surface area contributed by atoms with Crippen LogP contribution in [0.1, 0.15) is 56.0 Å². The number of ether oxygens (including phenoxy) is 1. The summed E-state index contributed by atoms with van der Waals surface area (Å²) in [7, 11) is 0. The number of carbonyl (C=O) groups excluding carboxylic acids is 2. The summed E-state index contributed by atoms with van der Waals surface area (Å²) in [5.41, 5.74) is 5.19. The summed E-state index contributed by atoms with van der Waals surface area (Å²) in [5, 5.41) is 13.6. The molecule has 0 atom stereocenters. The van der Waals surface area contributed by atoms with Crippen molar-refractivity contribution in [1.29, 1.82) is 0 Å². The fraction of sp³-hybridized carbons (Fsp3) is 0.407. The summed E-state index contributed by atoms with van der Waals surface area (Å²) in [5.74, 6) is 0.378. The zero-order chi connectivity index (χ0) is 24.3. The third-order valence-electron chi connectivity index (χ3n) is 5.95. The zero-order valence-electron chi connectivity index (χ0n) is 20.1. The number of alkyl carbamates (subject to hydrolysis) is 1. The Morgan fingerprint density at radius 1 is 1.15 bits per heavy atom. The lowest BCUT2D eigenvalue weighted by Gasteiger charge is -2.27. The SMILES string of the molecule is CC(C)(C)OC(=O)NCCCC(=O)N1CCc2c([nH]c3ccc(Cc4cccc(O)c4)cc23)C1. The molecule has 3 N–H and O–H groups in total. The van der Waals surface area contributed by atoms with Crippen LogP contribution in [0.5, 0.6) is 5.75 Å². The van der Waals surface area contributed by atoms with E-state index in [1.54, 1.807) is 12.1 Å². The van der Waals surface area contributed by atoms with Gasteiger partial charge in [-0.1, -0.05) is 18.2 Å². The van der Waals surface area contributed by atoms with Gasteiger partial charge in [-0.2, -0.15) is 0 Å². The standard InChI is InChI=1S/C27H33N3O4/c1-27(2,3)34-26(33)28-12-5-8-25(32)30-13-11-21-22-16-19(9-10-23(22)29-24(21)17-30)14-18-6-4-7-20(31)15-18/h4,6-7,9-10,15-16,29,31H,5,8,11-14,17H2,1-3H3,(H,28,33). The van der Waals surface area contributed by atoms with Gasteiger partial charge in [0.25, 0.3) is 0 Å². The molecule has 1 aromatic heterocycles. The molecule has 1 aliphatic heterocycles. The van der Waals surface area contributed by atoms with Crippen molar-refractivity contribution < 1.29 is 19.4 Å². The lowest BCUT2D eigenvalue weighted by Crippen LogP contribution is -2.36. The number of rotatable bonds is 6. The number of nitrogens with one attached hydrogen (secondary N) is 2. The van der Waals surface area contributed by atoms with Gasteiger partial charge in [0.1, 0.15) is 11.4 Å². The molecule has 0 aliphatic carbocycles. The number of amides is 2. The van der Waals surface area contributed by atoms with Crippen molar-refractivity contribution in [1.82, 2.24) is 15.2 Å². The number of H-pyrrole nitrogens is 1. The van der Waals surface area contributed by atoms with Crippen LogP contribution in [0.15, 0.2) is 42.5 Å². The molecule has 2 amide bonds. The van der Waals surface area contributed by atoms with E-state index in [2.05, 4.69) is 28.5 Å². The lowest BCUT2D eigenvalue weighted by atomic mass is 9.99. The van der Waals surface area contributed by atoms with E-state index in [1.807, 2.05) is 37.8 Å². The highest BCUT2D eigenvalue weighted by atomic mass is 16.6. The van der Waals surface area contributed by atoms with Crippen LogP contribution < -0.4 is 5.32 Å². The average molecular weight is 464 g/mol. The van der Waals surface area contributed by atoms with Gasteiger partial charge in [-0.25, -0.2) is 4.79 Å². The van der Waals surface area contributed by atoms with E-state index in [9.17, 15) is 14.7 Å². The number of hydrogen-bond acceptors (Lipinski definition) is 4. The number of fused-ring (bicyclic) bond motifs is 3. The van der Waals surface area contributed by atoms with Gasteiger partial charge in [0.05, 0.1) is 6.54 Å². The van der Waals surface area contributed by atoms with Crippen molar-refractivity contribution in [3.63, 3.8) is 0 Å². The van der Waals surface area contributed by atoms with Gasteiger partial charge in [0.2, 0.25) is 5.91 Å². The van der Waals surface area contributed by atoms with Crippen molar-refractivity contribution in [2.45, 2.75) is 58.6 Å². The van der Waals surface area contributed by atoms with E-state index in [1.165, 1.54) is 16.5 Å². The van der Waals surface area contributed by atoms with Crippen molar-refractivity contribution in [2.24, 2.45) is 0 Å². The second-order valence-corrected chi connectivity index (χ2v) is 9.91. The zero-order valence-corrected chi connectivity index (χ0v) is 20.1. The van der Waals surface area contributed by atoms with E-state index >= 15 is 0 Å². The molecule has 0 saturated heterocycles. The molecule has 0 radical (unpaired) electrons. The molecule has 7 heteroatoms. The van der Waals surface area contributed by atoms with Crippen LogP contribution in [0.4, 0.5) is 4.79 Å². The number of carbonyl (C=O) groups is 2. The number of hydrogen-bond donors (Lipinski definition) is 3. The fourth-order valence-corrected chi connectivity index (χ4v) is 4.42. The monoisotopic (exact) mass is 463 g/mol. The second kappa shape index (κ2) is 9.79. The molecule has 0 bridgehead atoms. The lowest BCUT2D eigenvalue weighted by molar-refractivity contribution is -0.132. The van der Waals surface area contributed by atoms with Gasteiger partial charge in [0.15, 0.2) is 0 Å². The molecular weight excluding hydrogens is 430 g/mol. The third-order valence-corrected chi connectivity index (χ3v) is 5.95. The molecule has 180 valence electrons. The summed E-state index contributed by atoms with van der Waals surface area (Å²) in [6.45, 7) is 7.13. The Hall–Kier alpha value is -3.48. The van der Waals surface area contributed by atoms with Crippen molar-refractivity contribution in [3.8, 4) is 5.75 Å². The summed E-state index contributed by atoms with van der Waals surface area (Å²) in [6.07, 6.45) is 2.08. The topological polar surface area (TPSA) is 94.7 Å². The Bertz CT molecular complexity index is 1190. The Morgan fingerprint density at radius 2 is 1.94 bits per heavy atom. The van der Waals surface area contributed by atoms with Crippen LogP contribution >= 0.6 is 0 Å². The number of aromatic amines is 1. The maximum absolute atomic E-state index is 12.7. The van der Waals surface area contributed by atoms with Gasteiger partial charge < -0.3 is 25.0 Å². The Morgan fingerprint density at radius 3 is 2.71 bits per heavy atom. The molecule has 7 nitrogen and oxygen atoms in total. The van der Waals surface area contributed by atoms with E-state index in [-0.39, 0.29) is 11.7 Å². The van der Waals surface area contributed by atoms with E-state index in [0.29, 0.717) is 32.5 Å². The van der Waals surface area contributed by atoms with Crippen molar-refractivity contribution in [2.75, 3.05) is 13.1 Å². The average Bonchev–Trinajstić information content (AvgIpc) is 3.12. The first-order valence-electron chi connectivity index (χ1n) is 11.8. The van der Waals surface area contributed by atoms with Crippen LogP contribution in [-0.4, -0.2) is 45.7 Å². The minimum Gasteiger partial charge on any atom is -0.508 e. The summed E-state index contributed by atoms with van der Waals surface area (Å²) in [4.78, 5) is 29.8. The van der Waals surface area contributed by atoms with E-state index in [0.717, 1.165) is 29.6 Å². The van der Waals surface area contributed by atoms with Crippen LogP contribution in [-0.2, 0) is 28.9 Å². The first-order chi connectivity index (χ1) is 16.2. The molecule has 2 aromatic carbocycles. The largest absolute Gasteiger partial charge is 0.508 e. The molecule has 0 fully saturated rings. The minimum atomic E-state index is -0.531. The van der Waals surface area contributed by atoms with Gasteiger partial charge >= 0.3 is 6.09 Å². The van der Waals surface area contributed by atoms with Gasteiger partial charge in [-0.15, -0.1) is 0 Å². The summed E-state index contributed by atoms with van der Waals surface area (Å²) >= 11 is 0. The number of aromatic hydroxyl groups is 1. The predicted octanol–water partition coefficient (Wildman–Crippen LogP) is 4.65. The van der Waals surface area contributed by atoms with Gasteiger partial charge in [-0.05, 0) is 81.0 Å². The van der Waals surface area contributed by atoms with Crippen LogP contribution in [0, 0.1) is 0 Å². The molecule has 1 aliphatic rings. The van der Waals surface area contributed by atoms with Crippen molar-refractivity contribution >= 4 is 22.9 Å². The number of benzene rings is 2. The van der Waals surface area contributed by atoms with Crippen LogP contribution in [0.2, 0.25) is 0 Å². The number of nitrogens with zero attached hydrogens (tertiary/aromatic N) is 1. The summed E-state index contributed by atoms with van der Waals surface area (Å²) < 4.78 is 5.22. The highest BCUT2D eigenvalue weighted by Crippen LogP contribution is 2.29. The number of aromatic nitrogens is 1. The highest BCUT2D eigenvalue weighted by molar-refractivity contribution is 5.86. The quantitative estimate of drug-likeness (QED) is 0.464. The van der Waals surface area contributed by atoms with Gasteiger partial charge in [0, 0.05) is 36.1 Å². The normalized spacial score (nSPS) is 13.6. The smallest absolute Gasteiger partial charge is 0.407 e.